The summed E-state index contributed by atoms with van der Waals surface area (Å²) in [7, 11) is 0. The fourth-order valence-electron chi connectivity index (χ4n) is 4.85. The van der Waals surface area contributed by atoms with E-state index < -0.39 is 11.9 Å². The van der Waals surface area contributed by atoms with E-state index in [1.165, 1.54) is 11.1 Å². The largest absolute Gasteiger partial charge is 0.481 e. The topological polar surface area (TPSA) is 75.6 Å². The van der Waals surface area contributed by atoms with Crippen LogP contribution in [0.15, 0.2) is 24.3 Å². The molecular weight excluding hydrogens is 318 g/mol. The number of aliphatic carboxylic acids is 1. The zero-order valence-electron chi connectivity index (χ0n) is 14.4. The minimum atomic E-state index is -0.816. The van der Waals surface area contributed by atoms with Gasteiger partial charge in [-0.1, -0.05) is 24.3 Å². The van der Waals surface area contributed by atoms with Gasteiger partial charge in [-0.15, -0.1) is 0 Å². The summed E-state index contributed by atoms with van der Waals surface area (Å²) in [4.78, 5) is 24.3. The monoisotopic (exact) mass is 343 g/mol. The molecule has 5 nitrogen and oxygen atoms in total. The van der Waals surface area contributed by atoms with E-state index in [4.69, 9.17) is 4.74 Å². The quantitative estimate of drug-likeness (QED) is 0.859. The summed E-state index contributed by atoms with van der Waals surface area (Å²) in [5.74, 6) is -1.22. The molecule has 0 aromatic heterocycles. The number of ether oxygens (including phenoxy) is 1. The van der Waals surface area contributed by atoms with Crippen molar-refractivity contribution in [1.82, 2.24) is 5.32 Å². The zero-order chi connectivity index (χ0) is 17.4. The summed E-state index contributed by atoms with van der Waals surface area (Å²) >= 11 is 0. The van der Waals surface area contributed by atoms with Gasteiger partial charge in [0.2, 0.25) is 5.91 Å². The number of rotatable bonds is 5. The van der Waals surface area contributed by atoms with E-state index in [0.717, 1.165) is 32.1 Å². The van der Waals surface area contributed by atoms with Crippen LogP contribution >= 0.6 is 0 Å². The zero-order valence-corrected chi connectivity index (χ0v) is 14.4. The number of amides is 1. The highest BCUT2D eigenvalue weighted by Crippen LogP contribution is 2.61. The number of aryl methyl sites for hydroxylation is 1. The number of fused-ring (bicyclic) bond motifs is 2. The molecule has 0 radical (unpaired) electrons. The maximum Gasteiger partial charge on any atom is 0.308 e. The number of nitrogens with one attached hydrogen (secondary N) is 1. The van der Waals surface area contributed by atoms with Crippen molar-refractivity contribution in [2.75, 3.05) is 19.8 Å². The lowest BCUT2D eigenvalue weighted by molar-refractivity contribution is -0.145. The molecular formula is C20H25NO4. The van der Waals surface area contributed by atoms with E-state index in [1.54, 1.807) is 0 Å². The minimum absolute atomic E-state index is 0.000263. The predicted octanol–water partition coefficient (Wildman–Crippen LogP) is 2.13. The van der Waals surface area contributed by atoms with Gasteiger partial charge in [-0.3, -0.25) is 9.59 Å². The number of hydrogen-bond acceptors (Lipinski definition) is 3. The van der Waals surface area contributed by atoms with E-state index >= 15 is 0 Å². The van der Waals surface area contributed by atoms with Crippen molar-refractivity contribution in [1.29, 1.82) is 0 Å². The van der Waals surface area contributed by atoms with E-state index in [1.807, 2.05) is 6.07 Å². The molecule has 1 heterocycles. The van der Waals surface area contributed by atoms with Gasteiger partial charge in [-0.05, 0) is 49.1 Å². The molecule has 1 saturated heterocycles. The first-order valence-corrected chi connectivity index (χ1v) is 9.28. The molecule has 4 rings (SSSR count). The summed E-state index contributed by atoms with van der Waals surface area (Å²) < 4.78 is 5.32. The second-order valence-corrected chi connectivity index (χ2v) is 7.71. The number of carboxylic acid groups (broad SMARTS) is 1. The van der Waals surface area contributed by atoms with Crippen molar-refractivity contribution in [3.8, 4) is 0 Å². The number of benzene rings is 1. The number of carboxylic acids is 1. The van der Waals surface area contributed by atoms with Gasteiger partial charge in [0.15, 0.2) is 0 Å². The van der Waals surface area contributed by atoms with Crippen molar-refractivity contribution in [2.24, 2.45) is 17.8 Å². The van der Waals surface area contributed by atoms with Gasteiger partial charge in [0, 0.05) is 31.1 Å². The van der Waals surface area contributed by atoms with Crippen LogP contribution < -0.4 is 5.32 Å². The van der Waals surface area contributed by atoms with Crippen molar-refractivity contribution >= 4 is 11.9 Å². The Morgan fingerprint density at radius 2 is 2.04 bits per heavy atom. The Kier molecular flexibility index (Phi) is 4.28. The van der Waals surface area contributed by atoms with Crippen LogP contribution in [0.4, 0.5) is 0 Å². The molecule has 1 aromatic rings. The molecule has 1 saturated carbocycles. The Balaban J connectivity index is 1.38. The molecule has 134 valence electrons. The molecule has 2 fully saturated rings. The third-order valence-corrected chi connectivity index (χ3v) is 6.43. The highest BCUT2D eigenvalue weighted by Gasteiger charge is 2.61. The molecule has 1 aliphatic heterocycles. The Bertz CT molecular complexity index is 682. The van der Waals surface area contributed by atoms with Crippen molar-refractivity contribution in [3.63, 3.8) is 0 Å². The second kappa shape index (κ2) is 6.45. The highest BCUT2D eigenvalue weighted by molar-refractivity contribution is 5.85. The van der Waals surface area contributed by atoms with Gasteiger partial charge in [0.25, 0.3) is 0 Å². The maximum absolute atomic E-state index is 12.7. The van der Waals surface area contributed by atoms with Crippen molar-refractivity contribution < 1.29 is 19.4 Å². The predicted molar refractivity (Wildman–Crippen MR) is 92.2 cm³/mol. The van der Waals surface area contributed by atoms with E-state index in [9.17, 15) is 14.7 Å². The van der Waals surface area contributed by atoms with Gasteiger partial charge < -0.3 is 15.2 Å². The molecule has 3 atom stereocenters. The van der Waals surface area contributed by atoms with Crippen LogP contribution in [-0.4, -0.2) is 36.7 Å². The summed E-state index contributed by atoms with van der Waals surface area (Å²) in [6, 6.07) is 8.41. The van der Waals surface area contributed by atoms with Crippen molar-refractivity contribution in [2.45, 2.75) is 37.5 Å². The Morgan fingerprint density at radius 3 is 2.80 bits per heavy atom. The van der Waals surface area contributed by atoms with E-state index in [0.29, 0.717) is 13.2 Å². The van der Waals surface area contributed by atoms with E-state index in [2.05, 4.69) is 23.5 Å². The average Bonchev–Trinajstić information content (AvgIpc) is 3.25. The fraction of sp³-hybridized carbons (Fsp3) is 0.600. The van der Waals surface area contributed by atoms with Gasteiger partial charge in [0.1, 0.15) is 0 Å². The Hall–Kier alpha value is -1.88. The SMILES string of the molecule is O=C(O)C(CNC(=O)C1CC12CCc1ccccc12)C1CCOCC1. The number of carbonyl (C=O) groups excluding carboxylic acids is 1. The van der Waals surface area contributed by atoms with Crippen molar-refractivity contribution in [3.05, 3.63) is 35.4 Å². The molecule has 3 unspecified atom stereocenters. The Labute approximate surface area is 147 Å². The van der Waals surface area contributed by atoms with Gasteiger partial charge in [0.05, 0.1) is 5.92 Å². The third-order valence-electron chi connectivity index (χ3n) is 6.43. The number of carbonyl (C=O) groups is 2. The van der Waals surface area contributed by atoms with Crippen LogP contribution in [0.5, 0.6) is 0 Å². The maximum atomic E-state index is 12.7. The van der Waals surface area contributed by atoms with Crippen LogP contribution in [0.25, 0.3) is 0 Å². The minimum Gasteiger partial charge on any atom is -0.481 e. The molecule has 1 spiro atoms. The molecule has 5 heteroatoms. The lowest BCUT2D eigenvalue weighted by Crippen LogP contribution is -2.40. The molecule has 2 aliphatic carbocycles. The molecule has 2 N–H and O–H groups in total. The van der Waals surface area contributed by atoms with Crippen LogP contribution in [0.2, 0.25) is 0 Å². The lowest BCUT2D eigenvalue weighted by Gasteiger charge is -2.27. The molecule has 1 aromatic carbocycles. The third kappa shape index (κ3) is 2.95. The standard InChI is InChI=1S/C20H25NO4/c22-18(21-12-15(19(23)24)13-6-9-25-10-7-13)17-11-20(17)8-5-14-3-1-2-4-16(14)20/h1-4,13,15,17H,5-12H2,(H,21,22)(H,23,24). The van der Waals surface area contributed by atoms with E-state index in [-0.39, 0.29) is 29.7 Å². The first-order chi connectivity index (χ1) is 12.1. The van der Waals surface area contributed by atoms with Crippen LogP contribution in [0, 0.1) is 17.8 Å². The van der Waals surface area contributed by atoms with Crippen LogP contribution in [-0.2, 0) is 26.2 Å². The first-order valence-electron chi connectivity index (χ1n) is 9.28. The molecule has 1 amide bonds. The first kappa shape index (κ1) is 16.6. The fourth-order valence-corrected chi connectivity index (χ4v) is 4.85. The van der Waals surface area contributed by atoms with Gasteiger partial charge in [-0.25, -0.2) is 0 Å². The Morgan fingerprint density at radius 1 is 1.28 bits per heavy atom. The highest BCUT2D eigenvalue weighted by atomic mass is 16.5. The smallest absolute Gasteiger partial charge is 0.308 e. The summed E-state index contributed by atoms with van der Waals surface area (Å²) in [5.41, 5.74) is 2.70. The summed E-state index contributed by atoms with van der Waals surface area (Å²) in [6.45, 7) is 1.46. The number of hydrogen-bond donors (Lipinski definition) is 2. The molecule has 3 aliphatic rings. The molecule has 25 heavy (non-hydrogen) atoms. The van der Waals surface area contributed by atoms with Crippen LogP contribution in [0.1, 0.15) is 36.8 Å². The lowest BCUT2D eigenvalue weighted by atomic mass is 9.86. The van der Waals surface area contributed by atoms with Gasteiger partial charge >= 0.3 is 5.97 Å². The summed E-state index contributed by atoms with van der Waals surface area (Å²) in [5, 5.41) is 12.5. The average molecular weight is 343 g/mol. The van der Waals surface area contributed by atoms with Crippen LogP contribution in [0.3, 0.4) is 0 Å². The van der Waals surface area contributed by atoms with Gasteiger partial charge in [-0.2, -0.15) is 0 Å². The normalized spacial score (nSPS) is 29.2. The molecule has 0 bridgehead atoms. The summed E-state index contributed by atoms with van der Waals surface area (Å²) in [6.07, 6.45) is 4.48. The second-order valence-electron chi connectivity index (χ2n) is 7.71.